The third kappa shape index (κ3) is 3.83. The highest BCUT2D eigenvalue weighted by Gasteiger charge is 2.22. The van der Waals surface area contributed by atoms with E-state index in [9.17, 15) is 14.9 Å². The van der Waals surface area contributed by atoms with Crippen molar-refractivity contribution in [3.63, 3.8) is 0 Å². The number of rotatable bonds is 4. The van der Waals surface area contributed by atoms with Gasteiger partial charge in [0.2, 0.25) is 0 Å². The summed E-state index contributed by atoms with van der Waals surface area (Å²) in [6.45, 7) is 3.38. The van der Waals surface area contributed by atoms with E-state index in [4.69, 9.17) is 28.5 Å². The second-order valence-corrected chi connectivity index (χ2v) is 5.51. The fraction of sp³-hybridized carbons (Fsp3) is 0.333. The molecule has 0 saturated carbocycles. The zero-order chi connectivity index (χ0) is 15.5. The number of nitrogens with zero attached hydrogens (tertiary/aromatic N) is 2. The number of hydrogen-bond donors (Lipinski definition) is 1. The van der Waals surface area contributed by atoms with Crippen LogP contribution >= 0.6 is 23.2 Å². The van der Waals surface area contributed by atoms with Gasteiger partial charge in [-0.15, -0.1) is 0 Å². The molecule has 0 radical (unpaired) electrons. The lowest BCUT2D eigenvalue weighted by Gasteiger charge is -2.16. The third-order valence-corrected chi connectivity index (χ3v) is 3.26. The second kappa shape index (κ2) is 6.07. The third-order valence-electron chi connectivity index (χ3n) is 2.46. The number of carbonyl (C=O) groups is 1. The molecule has 1 aromatic rings. The van der Waals surface area contributed by atoms with E-state index in [2.05, 4.69) is 5.32 Å². The van der Waals surface area contributed by atoms with E-state index in [1.165, 1.54) is 0 Å². The van der Waals surface area contributed by atoms with Gasteiger partial charge in [0, 0.05) is 18.7 Å². The minimum absolute atomic E-state index is 0.0652. The highest BCUT2D eigenvalue weighted by molar-refractivity contribution is 6.44. The highest BCUT2D eigenvalue weighted by Crippen LogP contribution is 2.30. The second-order valence-electron chi connectivity index (χ2n) is 4.72. The summed E-state index contributed by atoms with van der Waals surface area (Å²) in [5, 5.41) is 21.9. The number of nitrogens with one attached hydrogen (secondary N) is 1. The van der Waals surface area contributed by atoms with Gasteiger partial charge < -0.3 is 5.32 Å². The van der Waals surface area contributed by atoms with E-state index in [1.54, 1.807) is 13.8 Å². The maximum Gasteiger partial charge on any atom is 0.271 e. The molecule has 1 N–H and O–H groups in total. The van der Waals surface area contributed by atoms with Crippen LogP contribution in [-0.4, -0.2) is 17.4 Å². The van der Waals surface area contributed by atoms with Crippen LogP contribution in [0.5, 0.6) is 0 Å². The summed E-state index contributed by atoms with van der Waals surface area (Å²) in [7, 11) is 0. The molecule has 1 aromatic carbocycles. The normalized spacial score (nSPS) is 10.8. The van der Waals surface area contributed by atoms with Gasteiger partial charge in [-0.1, -0.05) is 23.2 Å². The Hall–Kier alpha value is -1.84. The summed E-state index contributed by atoms with van der Waals surface area (Å²) in [4.78, 5) is 22.0. The fourth-order valence-corrected chi connectivity index (χ4v) is 1.69. The number of amides is 1. The lowest BCUT2D eigenvalue weighted by atomic mass is 9.96. The molecule has 0 aromatic heterocycles. The average molecular weight is 316 g/mol. The van der Waals surface area contributed by atoms with Crippen LogP contribution < -0.4 is 5.32 Å². The molecule has 0 aliphatic carbocycles. The predicted octanol–water partition coefficient (Wildman–Crippen LogP) is 3.18. The molecule has 0 heterocycles. The van der Waals surface area contributed by atoms with E-state index in [0.29, 0.717) is 0 Å². The van der Waals surface area contributed by atoms with Crippen molar-refractivity contribution in [2.45, 2.75) is 13.8 Å². The highest BCUT2D eigenvalue weighted by atomic mass is 35.5. The quantitative estimate of drug-likeness (QED) is 0.681. The maximum absolute atomic E-state index is 12.0. The molecule has 0 aliphatic heterocycles. The first-order valence-electron chi connectivity index (χ1n) is 5.51. The predicted molar refractivity (Wildman–Crippen MR) is 74.8 cm³/mol. The minimum Gasteiger partial charge on any atom is -0.350 e. The molecule has 1 rings (SSSR count). The van der Waals surface area contributed by atoms with Gasteiger partial charge in [0.1, 0.15) is 0 Å². The van der Waals surface area contributed by atoms with E-state index in [0.717, 1.165) is 12.1 Å². The van der Waals surface area contributed by atoms with Gasteiger partial charge in [0.05, 0.1) is 32.0 Å². The maximum atomic E-state index is 12.0. The van der Waals surface area contributed by atoms with E-state index in [-0.39, 0.29) is 27.8 Å². The summed E-state index contributed by atoms with van der Waals surface area (Å²) in [6, 6.07) is 4.14. The summed E-state index contributed by atoms with van der Waals surface area (Å²) in [5.41, 5.74) is -1.18. The molecule has 1 amide bonds. The number of carbonyl (C=O) groups excluding carboxylic acids is 1. The molecule has 20 heavy (non-hydrogen) atoms. The Morgan fingerprint density at radius 3 is 2.60 bits per heavy atom. The van der Waals surface area contributed by atoms with Gasteiger partial charge >= 0.3 is 0 Å². The van der Waals surface area contributed by atoms with Gasteiger partial charge in [0.15, 0.2) is 0 Å². The van der Waals surface area contributed by atoms with Crippen LogP contribution in [0.1, 0.15) is 24.2 Å². The van der Waals surface area contributed by atoms with Crippen LogP contribution in [-0.2, 0) is 0 Å². The van der Waals surface area contributed by atoms with Crippen LogP contribution in [0, 0.1) is 26.9 Å². The molecule has 0 aliphatic rings. The topological polar surface area (TPSA) is 96.0 Å². The first kappa shape index (κ1) is 16.2. The summed E-state index contributed by atoms with van der Waals surface area (Å²) in [5.74, 6) is -0.621. The standard InChI is InChI=1S/C12H11Cl2N3O3/c1-12(2,5-15)6-16-11(18)8-3-7(17(19)20)4-9(13)10(8)14/h3-4H,6H2,1-2H3,(H,16,18). The molecule has 0 unspecified atom stereocenters. The van der Waals surface area contributed by atoms with Crippen molar-refractivity contribution in [2.75, 3.05) is 6.54 Å². The van der Waals surface area contributed by atoms with Crippen molar-refractivity contribution in [1.29, 1.82) is 5.26 Å². The van der Waals surface area contributed by atoms with Crippen molar-refractivity contribution in [3.05, 3.63) is 37.9 Å². The van der Waals surface area contributed by atoms with Gasteiger partial charge in [-0.3, -0.25) is 14.9 Å². The number of nitro groups is 1. The van der Waals surface area contributed by atoms with Crippen molar-refractivity contribution in [1.82, 2.24) is 5.32 Å². The molecule has 0 fully saturated rings. The molecule has 0 atom stereocenters. The van der Waals surface area contributed by atoms with E-state index < -0.39 is 16.2 Å². The first-order chi connectivity index (χ1) is 9.18. The largest absolute Gasteiger partial charge is 0.350 e. The van der Waals surface area contributed by atoms with Crippen molar-refractivity contribution in [3.8, 4) is 6.07 Å². The van der Waals surface area contributed by atoms with Crippen LogP contribution in [0.4, 0.5) is 5.69 Å². The van der Waals surface area contributed by atoms with Crippen LogP contribution in [0.2, 0.25) is 10.0 Å². The van der Waals surface area contributed by atoms with Crippen LogP contribution in [0.25, 0.3) is 0 Å². The zero-order valence-electron chi connectivity index (χ0n) is 10.7. The van der Waals surface area contributed by atoms with E-state index in [1.807, 2.05) is 6.07 Å². The molecule has 8 heteroatoms. The number of nitriles is 1. The Morgan fingerprint density at radius 1 is 1.50 bits per heavy atom. The van der Waals surface area contributed by atoms with Gasteiger partial charge in [-0.2, -0.15) is 5.26 Å². The SMILES string of the molecule is CC(C)(C#N)CNC(=O)c1cc([N+](=O)[O-])cc(Cl)c1Cl. The first-order valence-corrected chi connectivity index (χ1v) is 6.26. The van der Waals surface area contributed by atoms with Crippen LogP contribution in [0.3, 0.4) is 0 Å². The Balaban J connectivity index is 3.05. The molecule has 0 bridgehead atoms. The van der Waals surface area contributed by atoms with Crippen molar-refractivity contribution in [2.24, 2.45) is 5.41 Å². The fourth-order valence-electron chi connectivity index (χ4n) is 1.28. The summed E-state index contributed by atoms with van der Waals surface area (Å²) >= 11 is 11.6. The molecular formula is C12H11Cl2N3O3. The summed E-state index contributed by atoms with van der Waals surface area (Å²) < 4.78 is 0. The van der Waals surface area contributed by atoms with Crippen molar-refractivity contribution >= 4 is 34.8 Å². The number of hydrogen-bond acceptors (Lipinski definition) is 4. The minimum atomic E-state index is -0.757. The van der Waals surface area contributed by atoms with Gasteiger partial charge in [-0.25, -0.2) is 0 Å². The number of non-ortho nitro benzene ring substituents is 1. The lowest BCUT2D eigenvalue weighted by Crippen LogP contribution is -2.33. The lowest BCUT2D eigenvalue weighted by molar-refractivity contribution is -0.384. The number of nitro benzene ring substituents is 1. The molecule has 106 valence electrons. The van der Waals surface area contributed by atoms with Crippen LogP contribution in [0.15, 0.2) is 12.1 Å². The number of benzene rings is 1. The summed E-state index contributed by atoms with van der Waals surface area (Å²) in [6.07, 6.45) is 0. The molecule has 0 saturated heterocycles. The van der Waals surface area contributed by atoms with E-state index >= 15 is 0 Å². The smallest absolute Gasteiger partial charge is 0.271 e. The molecule has 6 nitrogen and oxygen atoms in total. The molecular weight excluding hydrogens is 305 g/mol. The molecule has 0 spiro atoms. The number of halogens is 2. The Morgan fingerprint density at radius 2 is 2.10 bits per heavy atom. The Labute approximate surface area is 125 Å². The average Bonchev–Trinajstić information content (AvgIpc) is 2.38. The Bertz CT molecular complexity index is 609. The van der Waals surface area contributed by atoms with Crippen molar-refractivity contribution < 1.29 is 9.72 Å². The van der Waals surface area contributed by atoms with Gasteiger partial charge in [0.25, 0.3) is 11.6 Å². The zero-order valence-corrected chi connectivity index (χ0v) is 12.2. The Kier molecular flexibility index (Phi) is 4.93. The van der Waals surface area contributed by atoms with Gasteiger partial charge in [-0.05, 0) is 13.8 Å². The monoisotopic (exact) mass is 315 g/mol.